The minimum atomic E-state index is -0.558. The number of ether oxygens (including phenoxy) is 1. The first-order valence-electron chi connectivity index (χ1n) is 8.72. The molecule has 0 spiro atoms. The Bertz CT molecular complexity index is 542. The Kier molecular flexibility index (Phi) is 6.21. The van der Waals surface area contributed by atoms with Crippen LogP contribution in [0.15, 0.2) is 4.52 Å². The third-order valence-electron chi connectivity index (χ3n) is 4.45. The molecule has 0 saturated carbocycles. The van der Waals surface area contributed by atoms with E-state index in [1.54, 1.807) is 7.11 Å². The molecule has 0 bridgehead atoms. The molecule has 7 heteroatoms. The van der Waals surface area contributed by atoms with E-state index in [4.69, 9.17) is 9.26 Å². The number of hydrogen-bond donors (Lipinski definition) is 1. The number of rotatable bonds is 6. The predicted octanol–water partition coefficient (Wildman–Crippen LogP) is 2.57. The van der Waals surface area contributed by atoms with E-state index < -0.39 is 5.60 Å². The van der Waals surface area contributed by atoms with Gasteiger partial charge in [0.15, 0.2) is 0 Å². The average Bonchev–Trinajstić information content (AvgIpc) is 3.02. The van der Waals surface area contributed by atoms with Crippen LogP contribution in [0.25, 0.3) is 0 Å². The molecule has 1 atom stereocenters. The topological polar surface area (TPSA) is 80.5 Å². The first-order valence-corrected chi connectivity index (χ1v) is 8.72. The van der Waals surface area contributed by atoms with Crippen molar-refractivity contribution in [3.63, 3.8) is 0 Å². The maximum Gasteiger partial charge on any atom is 0.317 e. The number of hydrogen-bond acceptors (Lipinski definition) is 5. The van der Waals surface area contributed by atoms with Gasteiger partial charge in [-0.3, -0.25) is 0 Å². The molecule has 0 aliphatic carbocycles. The van der Waals surface area contributed by atoms with Crippen molar-refractivity contribution in [1.29, 1.82) is 0 Å². The molecule has 24 heavy (non-hydrogen) atoms. The first kappa shape index (κ1) is 18.7. The number of carbonyl (C=O) groups is 1. The minimum Gasteiger partial charge on any atom is -0.371 e. The van der Waals surface area contributed by atoms with Crippen molar-refractivity contribution < 1.29 is 14.1 Å². The Labute approximate surface area is 144 Å². The van der Waals surface area contributed by atoms with Crippen LogP contribution in [0.1, 0.15) is 52.3 Å². The van der Waals surface area contributed by atoms with Crippen LogP contribution >= 0.6 is 0 Å². The molecule has 2 amide bonds. The molecular formula is C17H30N4O3. The zero-order valence-electron chi connectivity index (χ0n) is 15.5. The second kappa shape index (κ2) is 7.96. The summed E-state index contributed by atoms with van der Waals surface area (Å²) in [6, 6.07) is 0.0279. The summed E-state index contributed by atoms with van der Waals surface area (Å²) in [5.74, 6) is 1.98. The summed E-state index contributed by atoms with van der Waals surface area (Å²) < 4.78 is 10.7. The lowest BCUT2D eigenvalue weighted by Crippen LogP contribution is -2.46. The van der Waals surface area contributed by atoms with E-state index in [9.17, 15) is 4.79 Å². The average molecular weight is 338 g/mol. The molecule has 1 aromatic heterocycles. The molecule has 0 aromatic carbocycles. The van der Waals surface area contributed by atoms with Gasteiger partial charge in [-0.25, -0.2) is 4.79 Å². The molecule has 1 unspecified atom stereocenters. The van der Waals surface area contributed by atoms with E-state index in [0.717, 1.165) is 25.9 Å². The summed E-state index contributed by atoms with van der Waals surface area (Å²) >= 11 is 0. The van der Waals surface area contributed by atoms with Crippen molar-refractivity contribution in [2.45, 2.75) is 52.6 Å². The number of nitrogens with zero attached hydrogens (tertiary/aromatic N) is 3. The van der Waals surface area contributed by atoms with E-state index in [-0.39, 0.29) is 6.03 Å². The van der Waals surface area contributed by atoms with Crippen LogP contribution in [0.3, 0.4) is 0 Å². The number of methoxy groups -OCH3 is 1. The lowest BCUT2D eigenvalue weighted by molar-refractivity contribution is 0.00973. The quantitative estimate of drug-likeness (QED) is 0.862. The van der Waals surface area contributed by atoms with Crippen molar-refractivity contribution in [3.8, 4) is 0 Å². The summed E-state index contributed by atoms with van der Waals surface area (Å²) in [5, 5.41) is 7.01. The van der Waals surface area contributed by atoms with Gasteiger partial charge < -0.3 is 19.5 Å². The van der Waals surface area contributed by atoms with Crippen LogP contribution in [0, 0.1) is 11.8 Å². The Morgan fingerprint density at radius 2 is 2.25 bits per heavy atom. The van der Waals surface area contributed by atoms with E-state index in [1.807, 2.05) is 18.7 Å². The summed E-state index contributed by atoms with van der Waals surface area (Å²) in [5.41, 5.74) is -0.558. The van der Waals surface area contributed by atoms with Gasteiger partial charge in [0, 0.05) is 33.2 Å². The van der Waals surface area contributed by atoms with E-state index >= 15 is 0 Å². The van der Waals surface area contributed by atoms with Gasteiger partial charge in [0.1, 0.15) is 5.60 Å². The predicted molar refractivity (Wildman–Crippen MR) is 90.6 cm³/mol. The molecular weight excluding hydrogens is 308 g/mol. The fourth-order valence-electron chi connectivity index (χ4n) is 2.74. The highest BCUT2D eigenvalue weighted by Gasteiger charge is 2.29. The number of likely N-dealkylation sites (tertiary alicyclic amines) is 1. The van der Waals surface area contributed by atoms with E-state index in [2.05, 4.69) is 29.3 Å². The second-order valence-corrected chi connectivity index (χ2v) is 7.46. The van der Waals surface area contributed by atoms with E-state index in [0.29, 0.717) is 36.5 Å². The Morgan fingerprint density at radius 1 is 1.50 bits per heavy atom. The largest absolute Gasteiger partial charge is 0.371 e. The summed E-state index contributed by atoms with van der Waals surface area (Å²) in [4.78, 5) is 18.6. The minimum absolute atomic E-state index is 0.0279. The summed E-state index contributed by atoms with van der Waals surface area (Å²) in [6.07, 6.45) is 2.77. The molecule has 1 aromatic rings. The highest BCUT2D eigenvalue weighted by atomic mass is 16.5. The molecule has 1 aliphatic heterocycles. The normalized spacial score (nSPS) is 18.9. The Hall–Kier alpha value is -1.63. The lowest BCUT2D eigenvalue weighted by atomic mass is 9.95. The Balaban J connectivity index is 1.90. The smallest absolute Gasteiger partial charge is 0.317 e. The molecule has 1 saturated heterocycles. The van der Waals surface area contributed by atoms with Crippen LogP contribution in [-0.4, -0.2) is 47.8 Å². The number of amides is 2. The van der Waals surface area contributed by atoms with Crippen molar-refractivity contribution >= 4 is 6.03 Å². The van der Waals surface area contributed by atoms with E-state index in [1.165, 1.54) is 0 Å². The number of aromatic nitrogens is 2. The molecule has 7 nitrogen and oxygen atoms in total. The molecule has 2 heterocycles. The van der Waals surface area contributed by atoms with Gasteiger partial charge in [-0.2, -0.15) is 4.98 Å². The molecule has 0 radical (unpaired) electrons. The third kappa shape index (κ3) is 4.93. The SMILES string of the molecule is COC(C)(C)c1noc(CC2CCCN(C(=O)NCC(C)C)C2)n1. The zero-order valence-corrected chi connectivity index (χ0v) is 15.5. The monoisotopic (exact) mass is 338 g/mol. The van der Waals surface area contributed by atoms with Gasteiger partial charge in [-0.1, -0.05) is 19.0 Å². The van der Waals surface area contributed by atoms with Crippen LogP contribution in [-0.2, 0) is 16.8 Å². The standard InChI is InChI=1S/C17H30N4O3/c1-12(2)10-18-16(22)21-8-6-7-13(11-21)9-14-19-15(20-24-14)17(3,4)23-5/h12-13H,6-11H2,1-5H3,(H,18,22). The fourth-order valence-corrected chi connectivity index (χ4v) is 2.74. The van der Waals surface area contributed by atoms with Gasteiger partial charge >= 0.3 is 6.03 Å². The van der Waals surface area contributed by atoms with Crippen LogP contribution in [0.4, 0.5) is 4.79 Å². The van der Waals surface area contributed by atoms with Crippen molar-refractivity contribution in [2.24, 2.45) is 11.8 Å². The van der Waals surface area contributed by atoms with Crippen LogP contribution in [0.5, 0.6) is 0 Å². The van der Waals surface area contributed by atoms with Crippen molar-refractivity contribution in [1.82, 2.24) is 20.4 Å². The van der Waals surface area contributed by atoms with Crippen LogP contribution in [0.2, 0.25) is 0 Å². The van der Waals surface area contributed by atoms with Gasteiger partial charge in [0.2, 0.25) is 11.7 Å². The van der Waals surface area contributed by atoms with Crippen molar-refractivity contribution in [2.75, 3.05) is 26.7 Å². The maximum atomic E-state index is 12.2. The fraction of sp³-hybridized carbons (Fsp3) is 0.824. The van der Waals surface area contributed by atoms with Gasteiger partial charge in [-0.15, -0.1) is 0 Å². The highest BCUT2D eigenvalue weighted by molar-refractivity contribution is 5.74. The maximum absolute atomic E-state index is 12.2. The Morgan fingerprint density at radius 3 is 2.92 bits per heavy atom. The van der Waals surface area contributed by atoms with Gasteiger partial charge in [0.05, 0.1) is 0 Å². The molecule has 2 rings (SSSR count). The summed E-state index contributed by atoms with van der Waals surface area (Å²) in [7, 11) is 1.63. The lowest BCUT2D eigenvalue weighted by Gasteiger charge is -2.32. The molecule has 1 fully saturated rings. The number of urea groups is 1. The molecule has 1 aliphatic rings. The van der Waals surface area contributed by atoms with Crippen LogP contribution < -0.4 is 5.32 Å². The molecule has 1 N–H and O–H groups in total. The highest BCUT2D eigenvalue weighted by Crippen LogP contribution is 2.24. The van der Waals surface area contributed by atoms with Gasteiger partial charge in [0.25, 0.3) is 0 Å². The zero-order chi connectivity index (χ0) is 17.7. The van der Waals surface area contributed by atoms with Crippen molar-refractivity contribution in [3.05, 3.63) is 11.7 Å². The number of carbonyl (C=O) groups excluding carboxylic acids is 1. The number of piperidine rings is 1. The number of nitrogens with one attached hydrogen (secondary N) is 1. The first-order chi connectivity index (χ1) is 11.3. The second-order valence-electron chi connectivity index (χ2n) is 7.46. The van der Waals surface area contributed by atoms with Gasteiger partial charge in [-0.05, 0) is 38.5 Å². The third-order valence-corrected chi connectivity index (χ3v) is 4.45. The summed E-state index contributed by atoms with van der Waals surface area (Å²) in [6.45, 7) is 10.2. The molecule has 136 valence electrons.